The first-order chi connectivity index (χ1) is 9.90. The third-order valence-corrected chi connectivity index (χ3v) is 5.32. The average molecular weight is 301 g/mol. The lowest BCUT2D eigenvalue weighted by molar-refractivity contribution is 0.522. The van der Waals surface area contributed by atoms with Crippen LogP contribution >= 0.6 is 11.3 Å². The van der Waals surface area contributed by atoms with Gasteiger partial charge in [0.05, 0.1) is 0 Å². The van der Waals surface area contributed by atoms with Crippen LogP contribution in [0.15, 0.2) is 36.4 Å². The molecule has 0 aliphatic rings. The van der Waals surface area contributed by atoms with Crippen LogP contribution in [-0.2, 0) is 12.0 Å². The Labute approximate surface area is 133 Å². The van der Waals surface area contributed by atoms with Crippen LogP contribution in [0.25, 0.3) is 0 Å². The molecule has 0 aliphatic carbocycles. The van der Waals surface area contributed by atoms with E-state index in [0.29, 0.717) is 6.04 Å². The summed E-state index contributed by atoms with van der Waals surface area (Å²) in [6.07, 6.45) is 1.11. The molecule has 1 unspecified atom stereocenters. The molecule has 1 nitrogen and oxygen atoms in total. The first-order valence-corrected chi connectivity index (χ1v) is 8.61. The second-order valence-corrected chi connectivity index (χ2v) is 7.94. The Bertz CT molecular complexity index is 560. The fraction of sp³-hybridized carbons (Fsp3) is 0.474. The van der Waals surface area contributed by atoms with E-state index in [0.717, 1.165) is 13.0 Å². The zero-order valence-corrected chi connectivity index (χ0v) is 14.7. The predicted octanol–water partition coefficient (Wildman–Crippen LogP) is 5.59. The summed E-state index contributed by atoms with van der Waals surface area (Å²) in [6, 6.07) is 13.8. The lowest BCUT2D eigenvalue weighted by Gasteiger charge is -2.18. The molecule has 0 saturated carbocycles. The van der Waals surface area contributed by atoms with Crippen LogP contribution in [0.4, 0.5) is 0 Å². The average Bonchev–Trinajstić information content (AvgIpc) is 2.90. The summed E-state index contributed by atoms with van der Waals surface area (Å²) in [5, 5.41) is 3.70. The molecule has 0 aliphatic heterocycles. The predicted molar refractivity (Wildman–Crippen MR) is 94.1 cm³/mol. The van der Waals surface area contributed by atoms with Gasteiger partial charge >= 0.3 is 0 Å². The van der Waals surface area contributed by atoms with E-state index in [1.165, 1.54) is 20.9 Å². The van der Waals surface area contributed by atoms with Crippen molar-refractivity contribution in [3.05, 3.63) is 57.3 Å². The molecule has 2 rings (SSSR count). The molecule has 0 fully saturated rings. The standard InChI is InChI=1S/C19H27NS/c1-6-17(15-9-7-14(2)8-10-15)20-13-16-11-12-18(21-16)19(3,4)5/h7-12,17,20H,6,13H2,1-5H3. The molecule has 21 heavy (non-hydrogen) atoms. The molecule has 114 valence electrons. The number of hydrogen-bond acceptors (Lipinski definition) is 2. The topological polar surface area (TPSA) is 12.0 Å². The zero-order valence-electron chi connectivity index (χ0n) is 13.9. The lowest BCUT2D eigenvalue weighted by atomic mass is 9.95. The van der Waals surface area contributed by atoms with Crippen LogP contribution in [0.1, 0.15) is 61.0 Å². The van der Waals surface area contributed by atoms with Gasteiger partial charge in [0.25, 0.3) is 0 Å². The van der Waals surface area contributed by atoms with Gasteiger partial charge in [0.1, 0.15) is 0 Å². The highest BCUT2D eigenvalue weighted by molar-refractivity contribution is 7.12. The molecule has 2 heteroatoms. The van der Waals surface area contributed by atoms with Crippen molar-refractivity contribution >= 4 is 11.3 Å². The molecule has 2 aromatic rings. The second-order valence-electron chi connectivity index (χ2n) is 6.77. The number of rotatable bonds is 5. The van der Waals surface area contributed by atoms with Crippen LogP contribution in [0.5, 0.6) is 0 Å². The largest absolute Gasteiger partial charge is 0.305 e. The summed E-state index contributed by atoms with van der Waals surface area (Å²) in [6.45, 7) is 12.2. The van der Waals surface area contributed by atoms with E-state index in [2.05, 4.69) is 76.3 Å². The molecule has 1 heterocycles. The monoisotopic (exact) mass is 301 g/mol. The molecule has 0 radical (unpaired) electrons. The van der Waals surface area contributed by atoms with Crippen molar-refractivity contribution < 1.29 is 0 Å². The Morgan fingerprint density at radius 1 is 1.05 bits per heavy atom. The Kier molecular flexibility index (Phi) is 5.23. The van der Waals surface area contributed by atoms with Crippen molar-refractivity contribution in [1.82, 2.24) is 5.32 Å². The zero-order chi connectivity index (χ0) is 15.5. The molecule has 1 N–H and O–H groups in total. The number of hydrogen-bond donors (Lipinski definition) is 1. The highest BCUT2D eigenvalue weighted by Gasteiger charge is 2.16. The SMILES string of the molecule is CCC(NCc1ccc(C(C)(C)C)s1)c1ccc(C)cc1. The summed E-state index contributed by atoms with van der Waals surface area (Å²) in [5.74, 6) is 0. The van der Waals surface area contributed by atoms with Crippen molar-refractivity contribution in [3.63, 3.8) is 0 Å². The van der Waals surface area contributed by atoms with Crippen LogP contribution in [0.2, 0.25) is 0 Å². The summed E-state index contributed by atoms with van der Waals surface area (Å²) in [5.41, 5.74) is 2.96. The van der Waals surface area contributed by atoms with E-state index in [4.69, 9.17) is 0 Å². The molecule has 0 spiro atoms. The van der Waals surface area contributed by atoms with Crippen LogP contribution < -0.4 is 5.32 Å². The minimum atomic E-state index is 0.254. The molecule has 0 bridgehead atoms. The van der Waals surface area contributed by atoms with Gasteiger partial charge in [-0.25, -0.2) is 0 Å². The van der Waals surface area contributed by atoms with Crippen molar-refractivity contribution in [3.8, 4) is 0 Å². The van der Waals surface area contributed by atoms with Crippen LogP contribution in [0, 0.1) is 6.92 Å². The summed E-state index contributed by atoms with van der Waals surface area (Å²) >= 11 is 1.93. The maximum atomic E-state index is 3.70. The van der Waals surface area contributed by atoms with E-state index in [9.17, 15) is 0 Å². The van der Waals surface area contributed by atoms with Gasteiger partial charge in [-0.2, -0.15) is 0 Å². The fourth-order valence-corrected chi connectivity index (χ4v) is 3.41. The minimum Gasteiger partial charge on any atom is -0.305 e. The Hall–Kier alpha value is -1.12. The van der Waals surface area contributed by atoms with E-state index in [1.807, 2.05) is 11.3 Å². The first-order valence-electron chi connectivity index (χ1n) is 7.79. The van der Waals surface area contributed by atoms with Crippen LogP contribution in [-0.4, -0.2) is 0 Å². The summed E-state index contributed by atoms with van der Waals surface area (Å²) < 4.78 is 0. The Morgan fingerprint density at radius 3 is 2.24 bits per heavy atom. The van der Waals surface area contributed by atoms with Gasteiger partial charge in [-0.3, -0.25) is 0 Å². The number of nitrogens with one attached hydrogen (secondary N) is 1. The fourth-order valence-electron chi connectivity index (χ4n) is 2.40. The van der Waals surface area contributed by atoms with E-state index in [1.54, 1.807) is 0 Å². The van der Waals surface area contributed by atoms with Gasteiger partial charge in [-0.05, 0) is 36.5 Å². The van der Waals surface area contributed by atoms with Crippen LogP contribution in [0.3, 0.4) is 0 Å². The highest BCUT2D eigenvalue weighted by Crippen LogP contribution is 2.29. The smallest absolute Gasteiger partial charge is 0.0320 e. The Morgan fingerprint density at radius 2 is 1.71 bits per heavy atom. The molecule has 1 atom stereocenters. The van der Waals surface area contributed by atoms with Crippen molar-refractivity contribution in [2.45, 2.75) is 59.0 Å². The third-order valence-electron chi connectivity index (χ3n) is 3.81. The molecule has 0 saturated heterocycles. The molecular weight excluding hydrogens is 274 g/mol. The van der Waals surface area contributed by atoms with E-state index >= 15 is 0 Å². The number of aryl methyl sites for hydroxylation is 1. The van der Waals surface area contributed by atoms with E-state index < -0.39 is 0 Å². The van der Waals surface area contributed by atoms with Gasteiger partial charge < -0.3 is 5.32 Å². The number of thiophene rings is 1. The lowest BCUT2D eigenvalue weighted by Crippen LogP contribution is -2.19. The third kappa shape index (κ3) is 4.42. The highest BCUT2D eigenvalue weighted by atomic mass is 32.1. The second kappa shape index (κ2) is 6.76. The first kappa shape index (κ1) is 16.3. The normalized spacial score (nSPS) is 13.4. The van der Waals surface area contributed by atoms with E-state index in [-0.39, 0.29) is 5.41 Å². The van der Waals surface area contributed by atoms with Crippen molar-refractivity contribution in [2.75, 3.05) is 0 Å². The molecule has 1 aromatic carbocycles. The van der Waals surface area contributed by atoms with Gasteiger partial charge in [0, 0.05) is 22.3 Å². The Balaban J connectivity index is 2.00. The van der Waals surface area contributed by atoms with Gasteiger partial charge in [0.2, 0.25) is 0 Å². The van der Waals surface area contributed by atoms with Gasteiger partial charge in [-0.15, -0.1) is 11.3 Å². The molecular formula is C19H27NS. The van der Waals surface area contributed by atoms with Crippen molar-refractivity contribution in [2.24, 2.45) is 0 Å². The van der Waals surface area contributed by atoms with Gasteiger partial charge in [-0.1, -0.05) is 57.5 Å². The quantitative estimate of drug-likeness (QED) is 0.758. The maximum absolute atomic E-state index is 3.70. The summed E-state index contributed by atoms with van der Waals surface area (Å²) in [4.78, 5) is 2.88. The molecule has 0 amide bonds. The molecule has 1 aromatic heterocycles. The van der Waals surface area contributed by atoms with Crippen molar-refractivity contribution in [1.29, 1.82) is 0 Å². The van der Waals surface area contributed by atoms with Gasteiger partial charge in [0.15, 0.2) is 0 Å². The maximum Gasteiger partial charge on any atom is 0.0320 e. The summed E-state index contributed by atoms with van der Waals surface area (Å²) in [7, 11) is 0. The minimum absolute atomic E-state index is 0.254. The number of benzene rings is 1.